The lowest BCUT2D eigenvalue weighted by Gasteiger charge is -2.26. The van der Waals surface area contributed by atoms with E-state index in [0.29, 0.717) is 17.8 Å². The van der Waals surface area contributed by atoms with E-state index in [9.17, 15) is 4.79 Å². The Morgan fingerprint density at radius 3 is 2.79 bits per heavy atom. The van der Waals surface area contributed by atoms with E-state index in [4.69, 9.17) is 10.8 Å². The van der Waals surface area contributed by atoms with Gasteiger partial charge >= 0.3 is 5.97 Å². The van der Waals surface area contributed by atoms with E-state index in [1.54, 1.807) is 0 Å². The van der Waals surface area contributed by atoms with E-state index in [-0.39, 0.29) is 11.3 Å². The summed E-state index contributed by atoms with van der Waals surface area (Å²) in [4.78, 5) is 17.6. The van der Waals surface area contributed by atoms with Crippen LogP contribution in [0.3, 0.4) is 0 Å². The summed E-state index contributed by atoms with van der Waals surface area (Å²) in [5.41, 5.74) is 6.39. The molecule has 0 aromatic carbocycles. The third kappa shape index (κ3) is 3.16. The van der Waals surface area contributed by atoms with Gasteiger partial charge in [-0.15, -0.1) is 0 Å². The molecule has 0 aliphatic heterocycles. The van der Waals surface area contributed by atoms with Gasteiger partial charge in [-0.05, 0) is 31.2 Å². The van der Waals surface area contributed by atoms with Crippen LogP contribution in [0.15, 0.2) is 12.3 Å². The van der Waals surface area contributed by atoms with E-state index in [2.05, 4.69) is 23.7 Å². The Balaban J connectivity index is 2.26. The Morgan fingerprint density at radius 1 is 1.58 bits per heavy atom. The summed E-state index contributed by atoms with van der Waals surface area (Å²) in [5, 5.41) is 9.12. The van der Waals surface area contributed by atoms with Gasteiger partial charge in [0.1, 0.15) is 0 Å². The maximum absolute atomic E-state index is 11.1. The van der Waals surface area contributed by atoms with Gasteiger partial charge in [0.15, 0.2) is 5.82 Å². The lowest BCUT2D eigenvalue weighted by Crippen LogP contribution is -2.30. The van der Waals surface area contributed by atoms with Gasteiger partial charge in [0, 0.05) is 18.8 Å². The maximum Gasteiger partial charge on any atom is 0.337 e. The monoisotopic (exact) mass is 263 g/mol. The number of hydrogen-bond donors (Lipinski definition) is 2. The van der Waals surface area contributed by atoms with Crippen molar-refractivity contribution >= 4 is 17.5 Å². The number of carbonyl (C=O) groups is 1. The van der Waals surface area contributed by atoms with Crippen molar-refractivity contribution < 1.29 is 9.90 Å². The average Bonchev–Trinajstić information content (AvgIpc) is 3.15. The Hall–Kier alpha value is -1.78. The molecular formula is C14H21N3O2. The summed E-state index contributed by atoms with van der Waals surface area (Å²) in [7, 11) is 0. The predicted octanol–water partition coefficient (Wildman–Crippen LogP) is 2.38. The van der Waals surface area contributed by atoms with Crippen molar-refractivity contribution in [2.75, 3.05) is 17.2 Å². The third-order valence-electron chi connectivity index (χ3n) is 3.41. The number of carboxylic acids is 1. The average molecular weight is 263 g/mol. The van der Waals surface area contributed by atoms with Gasteiger partial charge in [-0.25, -0.2) is 9.78 Å². The van der Waals surface area contributed by atoms with Gasteiger partial charge in [-0.3, -0.25) is 0 Å². The first kappa shape index (κ1) is 13.6. The molecule has 1 aliphatic carbocycles. The molecule has 5 nitrogen and oxygen atoms in total. The van der Waals surface area contributed by atoms with Crippen molar-refractivity contribution in [3.05, 3.63) is 17.8 Å². The van der Waals surface area contributed by atoms with Crippen LogP contribution < -0.4 is 10.6 Å². The summed E-state index contributed by atoms with van der Waals surface area (Å²) in [6.45, 7) is 5.23. The molecule has 19 heavy (non-hydrogen) atoms. The van der Waals surface area contributed by atoms with Crippen molar-refractivity contribution in [2.45, 2.75) is 39.2 Å². The van der Waals surface area contributed by atoms with Crippen molar-refractivity contribution in [1.29, 1.82) is 0 Å². The van der Waals surface area contributed by atoms with Crippen molar-refractivity contribution in [3.8, 4) is 0 Å². The van der Waals surface area contributed by atoms with Crippen LogP contribution >= 0.6 is 0 Å². The Bertz CT molecular complexity index is 470. The zero-order chi connectivity index (χ0) is 14.0. The first-order valence-corrected chi connectivity index (χ1v) is 6.75. The number of aromatic nitrogens is 1. The second-order valence-electron chi connectivity index (χ2n) is 5.51. The number of nitrogens with two attached hydrogens (primary N) is 1. The fourth-order valence-corrected chi connectivity index (χ4v) is 2.12. The molecular weight excluding hydrogens is 242 g/mol. The molecule has 0 saturated heterocycles. The largest absolute Gasteiger partial charge is 0.478 e. The Labute approximate surface area is 113 Å². The number of hydrogen-bond acceptors (Lipinski definition) is 4. The molecule has 5 heteroatoms. The number of nitrogen functional groups attached to an aromatic ring is 1. The first-order chi connectivity index (χ1) is 9.00. The van der Waals surface area contributed by atoms with E-state index >= 15 is 0 Å². The van der Waals surface area contributed by atoms with Gasteiger partial charge in [0.2, 0.25) is 0 Å². The van der Waals surface area contributed by atoms with Crippen LogP contribution in [-0.2, 0) is 0 Å². The molecule has 3 N–H and O–H groups in total. The molecule has 1 aliphatic rings. The molecule has 1 aromatic rings. The molecule has 0 spiro atoms. The summed E-state index contributed by atoms with van der Waals surface area (Å²) in [6.07, 6.45) is 4.85. The fraction of sp³-hybridized carbons (Fsp3) is 0.571. The van der Waals surface area contributed by atoms with Crippen LogP contribution in [0.25, 0.3) is 0 Å². The zero-order valence-electron chi connectivity index (χ0n) is 11.5. The van der Waals surface area contributed by atoms with Gasteiger partial charge in [0.25, 0.3) is 0 Å². The number of carboxylic acid groups (broad SMARTS) is 1. The normalized spacial score (nSPS) is 14.7. The topological polar surface area (TPSA) is 79.5 Å². The highest BCUT2D eigenvalue weighted by Crippen LogP contribution is 2.35. The van der Waals surface area contributed by atoms with Gasteiger partial charge in [-0.2, -0.15) is 0 Å². The van der Waals surface area contributed by atoms with Crippen molar-refractivity contribution in [2.24, 2.45) is 5.92 Å². The van der Waals surface area contributed by atoms with Crippen LogP contribution in [0.4, 0.5) is 11.5 Å². The van der Waals surface area contributed by atoms with E-state index in [0.717, 1.165) is 25.8 Å². The number of nitrogens with zero attached hydrogens (tertiary/aromatic N) is 2. The standard InChI is InChI=1S/C14H21N3O2/c1-9(2)6-8-17(10-3-4-10)13-12(15)11(14(18)19)5-7-16-13/h5,7,9-10H,3-4,6,8,15H2,1-2H3,(H,18,19). The van der Waals surface area contributed by atoms with Crippen LogP contribution in [0.5, 0.6) is 0 Å². The number of rotatable bonds is 6. The number of aromatic carboxylic acids is 1. The molecule has 1 saturated carbocycles. The SMILES string of the molecule is CC(C)CCN(c1nccc(C(=O)O)c1N)C1CC1. The summed E-state index contributed by atoms with van der Waals surface area (Å²) < 4.78 is 0. The molecule has 2 rings (SSSR count). The molecule has 104 valence electrons. The molecule has 1 aromatic heterocycles. The maximum atomic E-state index is 11.1. The quantitative estimate of drug-likeness (QED) is 0.823. The lowest BCUT2D eigenvalue weighted by molar-refractivity contribution is 0.0698. The Kier molecular flexibility index (Phi) is 3.93. The highest BCUT2D eigenvalue weighted by Gasteiger charge is 2.31. The first-order valence-electron chi connectivity index (χ1n) is 6.75. The summed E-state index contributed by atoms with van der Waals surface area (Å²) in [6, 6.07) is 1.92. The van der Waals surface area contributed by atoms with Gasteiger partial charge in [-0.1, -0.05) is 13.8 Å². The van der Waals surface area contributed by atoms with Gasteiger partial charge in [0.05, 0.1) is 11.3 Å². The van der Waals surface area contributed by atoms with Crippen LogP contribution in [0.1, 0.15) is 43.5 Å². The van der Waals surface area contributed by atoms with Gasteiger partial charge < -0.3 is 15.7 Å². The third-order valence-corrected chi connectivity index (χ3v) is 3.41. The smallest absolute Gasteiger partial charge is 0.337 e. The zero-order valence-corrected chi connectivity index (χ0v) is 11.5. The molecule has 0 atom stereocenters. The number of pyridine rings is 1. The summed E-state index contributed by atoms with van der Waals surface area (Å²) in [5.74, 6) is 0.230. The highest BCUT2D eigenvalue weighted by atomic mass is 16.4. The fourth-order valence-electron chi connectivity index (χ4n) is 2.12. The highest BCUT2D eigenvalue weighted by molar-refractivity contribution is 5.96. The second kappa shape index (κ2) is 5.47. The number of anilines is 2. The molecule has 0 unspecified atom stereocenters. The Morgan fingerprint density at radius 2 is 2.26 bits per heavy atom. The lowest BCUT2D eigenvalue weighted by atomic mass is 10.1. The summed E-state index contributed by atoms with van der Waals surface area (Å²) >= 11 is 0. The van der Waals surface area contributed by atoms with Crippen LogP contribution in [0.2, 0.25) is 0 Å². The molecule has 0 amide bonds. The minimum atomic E-state index is -0.999. The molecule has 0 bridgehead atoms. The van der Waals surface area contributed by atoms with E-state index in [1.165, 1.54) is 12.3 Å². The van der Waals surface area contributed by atoms with E-state index in [1.807, 2.05) is 0 Å². The van der Waals surface area contributed by atoms with E-state index < -0.39 is 5.97 Å². The van der Waals surface area contributed by atoms with Crippen molar-refractivity contribution in [1.82, 2.24) is 4.98 Å². The van der Waals surface area contributed by atoms with Crippen LogP contribution in [0, 0.1) is 5.92 Å². The minimum Gasteiger partial charge on any atom is -0.478 e. The molecule has 0 radical (unpaired) electrons. The second-order valence-corrected chi connectivity index (χ2v) is 5.51. The van der Waals surface area contributed by atoms with Crippen LogP contribution in [-0.4, -0.2) is 28.6 Å². The molecule has 1 fully saturated rings. The minimum absolute atomic E-state index is 0.139. The van der Waals surface area contributed by atoms with Crippen molar-refractivity contribution in [3.63, 3.8) is 0 Å². The predicted molar refractivity (Wildman–Crippen MR) is 75.4 cm³/mol. The molecule has 1 heterocycles.